The highest BCUT2D eigenvalue weighted by Gasteiger charge is 2.35. The van der Waals surface area contributed by atoms with Gasteiger partial charge in [-0.15, -0.1) is 0 Å². The summed E-state index contributed by atoms with van der Waals surface area (Å²) < 4.78 is 18.6. The maximum atomic E-state index is 13.5. The maximum Gasteiger partial charge on any atom is 0.306 e. The van der Waals surface area contributed by atoms with E-state index in [1.54, 1.807) is 7.11 Å². The van der Waals surface area contributed by atoms with Gasteiger partial charge in [-0.25, -0.2) is 0 Å². The summed E-state index contributed by atoms with van der Waals surface area (Å²) in [6.45, 7) is 0.508. The van der Waals surface area contributed by atoms with Crippen LogP contribution < -0.4 is 15.0 Å². The van der Waals surface area contributed by atoms with E-state index in [0.717, 1.165) is 23.4 Å². The summed E-state index contributed by atoms with van der Waals surface area (Å²) in [7, 11) is 1.59. The summed E-state index contributed by atoms with van der Waals surface area (Å²) in [4.78, 5) is 36.0. The Hall–Kier alpha value is -3.49. The Morgan fingerprint density at radius 3 is 2.69 bits per heavy atom. The number of amides is 2. The van der Waals surface area contributed by atoms with E-state index < -0.39 is 22.3 Å². The highest BCUT2D eigenvalue weighted by Crippen LogP contribution is 2.29. The van der Waals surface area contributed by atoms with Crippen molar-refractivity contribution in [3.8, 4) is 5.75 Å². The Balaban J connectivity index is 1.57. The van der Waals surface area contributed by atoms with Gasteiger partial charge in [-0.05, 0) is 36.2 Å². The Labute approximate surface area is 166 Å². The summed E-state index contributed by atoms with van der Waals surface area (Å²) in [5.74, 6) is -1.38. The van der Waals surface area contributed by atoms with Crippen LogP contribution in [0.3, 0.4) is 0 Å². The van der Waals surface area contributed by atoms with E-state index in [1.807, 2.05) is 24.3 Å². The largest absolute Gasteiger partial charge is 0.497 e. The number of nitro groups is 1. The van der Waals surface area contributed by atoms with Crippen molar-refractivity contribution in [3.05, 3.63) is 64.0 Å². The summed E-state index contributed by atoms with van der Waals surface area (Å²) in [6, 6.07) is 10.8. The van der Waals surface area contributed by atoms with Crippen LogP contribution in [0.25, 0.3) is 0 Å². The number of methoxy groups -OCH3 is 1. The van der Waals surface area contributed by atoms with Gasteiger partial charge in [-0.2, -0.15) is 4.39 Å². The lowest BCUT2D eigenvalue weighted by Crippen LogP contribution is -2.34. The van der Waals surface area contributed by atoms with Gasteiger partial charge in [-0.1, -0.05) is 12.1 Å². The zero-order valence-electron chi connectivity index (χ0n) is 15.8. The third-order valence-electron chi connectivity index (χ3n) is 4.81. The van der Waals surface area contributed by atoms with Crippen molar-refractivity contribution in [2.45, 2.75) is 12.8 Å². The number of halogens is 1. The molecular weight excluding hydrogens is 381 g/mol. The molecule has 0 bridgehead atoms. The molecule has 1 unspecified atom stereocenters. The van der Waals surface area contributed by atoms with Gasteiger partial charge >= 0.3 is 5.69 Å². The number of nitrogens with zero attached hydrogens (tertiary/aromatic N) is 2. The fourth-order valence-electron chi connectivity index (χ4n) is 3.21. The molecule has 0 saturated carbocycles. The third-order valence-corrected chi connectivity index (χ3v) is 4.81. The number of nitrogens with one attached hydrogen (secondary N) is 1. The number of nitro benzene ring substituents is 1. The van der Waals surface area contributed by atoms with Crippen LogP contribution in [-0.4, -0.2) is 36.9 Å². The topological polar surface area (TPSA) is 102 Å². The van der Waals surface area contributed by atoms with Gasteiger partial charge in [0.15, 0.2) is 0 Å². The van der Waals surface area contributed by atoms with E-state index in [4.69, 9.17) is 4.74 Å². The maximum absolute atomic E-state index is 13.5. The highest BCUT2D eigenvalue weighted by molar-refractivity contribution is 6.00. The van der Waals surface area contributed by atoms with E-state index in [1.165, 1.54) is 11.0 Å². The summed E-state index contributed by atoms with van der Waals surface area (Å²) in [5, 5.41) is 13.7. The van der Waals surface area contributed by atoms with Gasteiger partial charge in [0.2, 0.25) is 17.6 Å². The summed E-state index contributed by atoms with van der Waals surface area (Å²) >= 11 is 0. The molecule has 3 rings (SSSR count). The van der Waals surface area contributed by atoms with Crippen molar-refractivity contribution in [2.75, 3.05) is 25.1 Å². The molecule has 1 fully saturated rings. The molecule has 0 radical (unpaired) electrons. The first-order valence-electron chi connectivity index (χ1n) is 9.04. The van der Waals surface area contributed by atoms with E-state index >= 15 is 0 Å². The summed E-state index contributed by atoms with van der Waals surface area (Å²) in [6.07, 6.45) is 0.629. The summed E-state index contributed by atoms with van der Waals surface area (Å²) in [5.41, 5.74) is 0.535. The fraction of sp³-hybridized carbons (Fsp3) is 0.300. The molecule has 2 amide bonds. The van der Waals surface area contributed by atoms with Gasteiger partial charge in [0.25, 0.3) is 0 Å². The average Bonchev–Trinajstić information content (AvgIpc) is 3.10. The highest BCUT2D eigenvalue weighted by atomic mass is 19.1. The van der Waals surface area contributed by atoms with Gasteiger partial charge in [-0.3, -0.25) is 19.7 Å². The second-order valence-electron chi connectivity index (χ2n) is 6.69. The number of benzene rings is 2. The Morgan fingerprint density at radius 2 is 2.03 bits per heavy atom. The van der Waals surface area contributed by atoms with Crippen molar-refractivity contribution in [1.82, 2.24) is 5.32 Å². The molecule has 9 heteroatoms. The molecule has 152 valence electrons. The molecule has 1 aliphatic rings. The van der Waals surface area contributed by atoms with Gasteiger partial charge in [0.1, 0.15) is 5.75 Å². The second-order valence-corrected chi connectivity index (χ2v) is 6.69. The molecule has 2 aromatic rings. The number of carbonyl (C=O) groups is 2. The predicted octanol–water partition coefficient (Wildman–Crippen LogP) is 2.45. The smallest absolute Gasteiger partial charge is 0.306 e. The van der Waals surface area contributed by atoms with Crippen LogP contribution in [0.4, 0.5) is 15.8 Å². The number of hydrogen-bond donors (Lipinski definition) is 1. The first kappa shape index (κ1) is 20.2. The van der Waals surface area contributed by atoms with Crippen LogP contribution in [0.1, 0.15) is 12.0 Å². The first-order chi connectivity index (χ1) is 13.9. The SMILES string of the molecule is COc1ccc(CCNC(=O)C2CC(=O)N(c3ccc(F)c([N+](=O)[O-])c3)C2)cc1. The Kier molecular flexibility index (Phi) is 6.06. The number of anilines is 1. The van der Waals surface area contributed by atoms with Crippen molar-refractivity contribution < 1.29 is 23.6 Å². The lowest BCUT2D eigenvalue weighted by molar-refractivity contribution is -0.387. The Morgan fingerprint density at radius 1 is 1.31 bits per heavy atom. The molecule has 1 heterocycles. The zero-order chi connectivity index (χ0) is 21.0. The van der Waals surface area contributed by atoms with Crippen molar-refractivity contribution >= 4 is 23.2 Å². The molecule has 0 aromatic heterocycles. The van der Waals surface area contributed by atoms with E-state index in [2.05, 4.69) is 5.32 Å². The van der Waals surface area contributed by atoms with Crippen LogP contribution >= 0.6 is 0 Å². The van der Waals surface area contributed by atoms with E-state index in [-0.39, 0.29) is 30.5 Å². The van der Waals surface area contributed by atoms with Gasteiger partial charge in [0.05, 0.1) is 23.6 Å². The molecular formula is C20H20FN3O5. The van der Waals surface area contributed by atoms with Gasteiger partial charge < -0.3 is 15.0 Å². The minimum absolute atomic E-state index is 0.000453. The first-order valence-corrected chi connectivity index (χ1v) is 9.04. The molecule has 0 aliphatic carbocycles. The minimum Gasteiger partial charge on any atom is -0.497 e. The second kappa shape index (κ2) is 8.68. The lowest BCUT2D eigenvalue weighted by Gasteiger charge is -2.16. The molecule has 1 aliphatic heterocycles. The van der Waals surface area contributed by atoms with Gasteiger partial charge in [0, 0.05) is 25.6 Å². The quantitative estimate of drug-likeness (QED) is 0.567. The molecule has 29 heavy (non-hydrogen) atoms. The average molecular weight is 401 g/mol. The third kappa shape index (κ3) is 4.68. The Bertz CT molecular complexity index is 932. The number of carbonyl (C=O) groups excluding carboxylic acids is 2. The molecule has 2 aromatic carbocycles. The molecule has 1 saturated heterocycles. The number of hydrogen-bond acceptors (Lipinski definition) is 5. The van der Waals surface area contributed by atoms with Crippen LogP contribution in [0.5, 0.6) is 5.75 Å². The van der Waals surface area contributed by atoms with E-state index in [9.17, 15) is 24.1 Å². The van der Waals surface area contributed by atoms with Crippen LogP contribution in [0.2, 0.25) is 0 Å². The lowest BCUT2D eigenvalue weighted by atomic mass is 10.1. The van der Waals surface area contributed by atoms with E-state index in [0.29, 0.717) is 13.0 Å². The number of ether oxygens (including phenoxy) is 1. The normalized spacial score (nSPS) is 16.0. The minimum atomic E-state index is -0.974. The fourth-order valence-corrected chi connectivity index (χ4v) is 3.21. The standard InChI is InChI=1S/C20H20FN3O5/c1-29-16-5-2-13(3-6-16)8-9-22-20(26)14-10-19(25)23(12-14)15-4-7-17(21)18(11-15)24(27)28/h2-7,11,14H,8-10,12H2,1H3,(H,22,26). The molecule has 1 atom stereocenters. The van der Waals surface area contributed by atoms with Crippen LogP contribution in [0, 0.1) is 21.8 Å². The van der Waals surface area contributed by atoms with Crippen molar-refractivity contribution in [3.63, 3.8) is 0 Å². The van der Waals surface area contributed by atoms with Crippen molar-refractivity contribution in [2.24, 2.45) is 5.92 Å². The van der Waals surface area contributed by atoms with Crippen molar-refractivity contribution in [1.29, 1.82) is 0 Å². The molecule has 1 N–H and O–H groups in total. The van der Waals surface area contributed by atoms with Crippen LogP contribution in [0.15, 0.2) is 42.5 Å². The predicted molar refractivity (Wildman–Crippen MR) is 103 cm³/mol. The number of rotatable bonds is 7. The molecule has 8 nitrogen and oxygen atoms in total. The monoisotopic (exact) mass is 401 g/mol. The van der Waals surface area contributed by atoms with Crippen LogP contribution in [-0.2, 0) is 16.0 Å². The zero-order valence-corrected chi connectivity index (χ0v) is 15.8. The molecule has 0 spiro atoms.